The first kappa shape index (κ1) is 13.4. The summed E-state index contributed by atoms with van der Waals surface area (Å²) >= 11 is 0. The number of aromatic nitrogens is 1. The molecular formula is C15H17NO3. The third kappa shape index (κ3) is 3.45. The molecule has 0 saturated heterocycles. The molecule has 1 unspecified atom stereocenters. The predicted octanol–water partition coefficient (Wildman–Crippen LogP) is 3.33. The highest BCUT2D eigenvalue weighted by Crippen LogP contribution is 2.30. The Morgan fingerprint density at radius 1 is 1.16 bits per heavy atom. The van der Waals surface area contributed by atoms with Gasteiger partial charge in [-0.05, 0) is 37.6 Å². The molecule has 100 valence electrons. The standard InChI is InChI=1S/C15H17NO3/c1-3-18-13-6-4-5-7-14(13)19-15-9-8-12(10-16-15)11(2)17/h4-11,17H,3H2,1-2H3. The number of benzene rings is 1. The van der Waals surface area contributed by atoms with E-state index in [1.165, 1.54) is 0 Å². The van der Waals surface area contributed by atoms with E-state index in [-0.39, 0.29) is 0 Å². The number of ether oxygens (including phenoxy) is 2. The van der Waals surface area contributed by atoms with Crippen molar-refractivity contribution in [1.29, 1.82) is 0 Å². The van der Waals surface area contributed by atoms with Gasteiger partial charge in [-0.25, -0.2) is 4.98 Å². The lowest BCUT2D eigenvalue weighted by Crippen LogP contribution is -1.96. The highest BCUT2D eigenvalue weighted by molar-refractivity contribution is 5.41. The number of rotatable bonds is 5. The van der Waals surface area contributed by atoms with Crippen LogP contribution in [0.3, 0.4) is 0 Å². The van der Waals surface area contributed by atoms with Gasteiger partial charge in [0.1, 0.15) is 0 Å². The van der Waals surface area contributed by atoms with Crippen LogP contribution in [0.25, 0.3) is 0 Å². The van der Waals surface area contributed by atoms with Gasteiger partial charge in [-0.3, -0.25) is 0 Å². The van der Waals surface area contributed by atoms with Gasteiger partial charge in [-0.1, -0.05) is 12.1 Å². The predicted molar refractivity (Wildman–Crippen MR) is 72.6 cm³/mol. The summed E-state index contributed by atoms with van der Waals surface area (Å²) in [4.78, 5) is 4.16. The fraction of sp³-hybridized carbons (Fsp3) is 0.267. The molecule has 0 aliphatic carbocycles. The van der Waals surface area contributed by atoms with E-state index in [1.54, 1.807) is 25.3 Å². The van der Waals surface area contributed by atoms with Crippen molar-refractivity contribution in [3.8, 4) is 17.4 Å². The summed E-state index contributed by atoms with van der Waals surface area (Å²) < 4.78 is 11.2. The first-order chi connectivity index (χ1) is 9.20. The van der Waals surface area contributed by atoms with Crippen molar-refractivity contribution in [1.82, 2.24) is 4.98 Å². The highest BCUT2D eigenvalue weighted by atomic mass is 16.5. The smallest absolute Gasteiger partial charge is 0.219 e. The molecule has 0 amide bonds. The summed E-state index contributed by atoms with van der Waals surface area (Å²) in [5.74, 6) is 1.78. The molecule has 4 heteroatoms. The molecule has 0 fully saturated rings. The third-order valence-electron chi connectivity index (χ3n) is 2.61. The molecule has 1 atom stereocenters. The zero-order valence-electron chi connectivity index (χ0n) is 11.0. The van der Waals surface area contributed by atoms with Crippen LogP contribution >= 0.6 is 0 Å². The molecule has 1 aromatic heterocycles. The highest BCUT2D eigenvalue weighted by Gasteiger charge is 2.07. The Morgan fingerprint density at radius 2 is 1.89 bits per heavy atom. The van der Waals surface area contributed by atoms with Gasteiger partial charge in [0.05, 0.1) is 12.7 Å². The van der Waals surface area contributed by atoms with Crippen molar-refractivity contribution in [2.24, 2.45) is 0 Å². The Labute approximate surface area is 112 Å². The second-order valence-corrected chi connectivity index (χ2v) is 4.09. The Bertz CT molecular complexity index is 523. The summed E-state index contributed by atoms with van der Waals surface area (Å²) in [6.45, 7) is 4.20. The SMILES string of the molecule is CCOc1ccccc1Oc1ccc(C(C)O)cn1. The molecule has 1 N–H and O–H groups in total. The zero-order valence-corrected chi connectivity index (χ0v) is 11.0. The average Bonchev–Trinajstić information content (AvgIpc) is 2.42. The van der Waals surface area contributed by atoms with Gasteiger partial charge in [0, 0.05) is 12.3 Å². The Morgan fingerprint density at radius 3 is 2.47 bits per heavy atom. The first-order valence-electron chi connectivity index (χ1n) is 6.24. The number of pyridine rings is 1. The number of aliphatic hydroxyl groups excluding tert-OH is 1. The van der Waals surface area contributed by atoms with Gasteiger partial charge in [0.15, 0.2) is 11.5 Å². The number of para-hydroxylation sites is 2. The lowest BCUT2D eigenvalue weighted by molar-refractivity contribution is 0.198. The second-order valence-electron chi connectivity index (χ2n) is 4.09. The van der Waals surface area contributed by atoms with Crippen LogP contribution in [0, 0.1) is 0 Å². The molecule has 0 spiro atoms. The van der Waals surface area contributed by atoms with E-state index in [0.717, 1.165) is 5.56 Å². The van der Waals surface area contributed by atoms with E-state index in [0.29, 0.717) is 24.0 Å². The van der Waals surface area contributed by atoms with Crippen LogP contribution in [0.2, 0.25) is 0 Å². The van der Waals surface area contributed by atoms with Gasteiger partial charge in [-0.15, -0.1) is 0 Å². The number of nitrogens with zero attached hydrogens (tertiary/aromatic N) is 1. The molecule has 0 radical (unpaired) electrons. The van der Waals surface area contributed by atoms with Gasteiger partial charge in [0.25, 0.3) is 0 Å². The van der Waals surface area contributed by atoms with Crippen molar-refractivity contribution in [3.63, 3.8) is 0 Å². The second kappa shape index (κ2) is 6.20. The number of hydrogen-bond donors (Lipinski definition) is 1. The largest absolute Gasteiger partial charge is 0.490 e. The Kier molecular flexibility index (Phi) is 4.36. The van der Waals surface area contributed by atoms with Crippen molar-refractivity contribution in [2.45, 2.75) is 20.0 Å². The molecule has 0 saturated carbocycles. The molecular weight excluding hydrogens is 242 g/mol. The van der Waals surface area contributed by atoms with Crippen LogP contribution in [0.4, 0.5) is 0 Å². The van der Waals surface area contributed by atoms with Crippen LogP contribution in [0.1, 0.15) is 25.5 Å². The molecule has 0 aliphatic rings. The molecule has 2 rings (SSSR count). The van der Waals surface area contributed by atoms with Crippen molar-refractivity contribution in [2.75, 3.05) is 6.61 Å². The summed E-state index contributed by atoms with van der Waals surface area (Å²) in [6, 6.07) is 11.0. The Balaban J connectivity index is 2.16. The van der Waals surface area contributed by atoms with E-state index in [4.69, 9.17) is 9.47 Å². The van der Waals surface area contributed by atoms with Crippen LogP contribution in [-0.4, -0.2) is 16.7 Å². The third-order valence-corrected chi connectivity index (χ3v) is 2.61. The molecule has 0 aliphatic heterocycles. The van der Waals surface area contributed by atoms with Gasteiger partial charge in [-0.2, -0.15) is 0 Å². The minimum absolute atomic E-state index is 0.469. The summed E-state index contributed by atoms with van der Waals surface area (Å²) in [5, 5.41) is 9.42. The lowest BCUT2D eigenvalue weighted by atomic mass is 10.2. The van der Waals surface area contributed by atoms with Crippen LogP contribution in [0.15, 0.2) is 42.6 Å². The van der Waals surface area contributed by atoms with Crippen LogP contribution in [-0.2, 0) is 0 Å². The van der Waals surface area contributed by atoms with Crippen LogP contribution in [0.5, 0.6) is 17.4 Å². The van der Waals surface area contributed by atoms with E-state index >= 15 is 0 Å². The van der Waals surface area contributed by atoms with Gasteiger partial charge < -0.3 is 14.6 Å². The minimum atomic E-state index is -0.530. The summed E-state index contributed by atoms with van der Waals surface area (Å²) in [6.07, 6.45) is 1.07. The van der Waals surface area contributed by atoms with E-state index in [1.807, 2.05) is 31.2 Å². The average molecular weight is 259 g/mol. The number of aliphatic hydroxyl groups is 1. The quantitative estimate of drug-likeness (QED) is 0.894. The first-order valence-corrected chi connectivity index (χ1v) is 6.24. The normalized spacial score (nSPS) is 11.9. The van der Waals surface area contributed by atoms with E-state index in [2.05, 4.69) is 4.98 Å². The molecule has 4 nitrogen and oxygen atoms in total. The Hall–Kier alpha value is -2.07. The lowest BCUT2D eigenvalue weighted by Gasteiger charge is -2.11. The molecule has 2 aromatic rings. The maximum Gasteiger partial charge on any atom is 0.219 e. The monoisotopic (exact) mass is 259 g/mol. The summed E-state index contributed by atoms with van der Waals surface area (Å²) in [7, 11) is 0. The van der Waals surface area contributed by atoms with E-state index in [9.17, 15) is 5.11 Å². The maximum atomic E-state index is 9.42. The zero-order chi connectivity index (χ0) is 13.7. The van der Waals surface area contributed by atoms with Gasteiger partial charge in [0.2, 0.25) is 5.88 Å². The molecule has 0 bridgehead atoms. The molecule has 19 heavy (non-hydrogen) atoms. The maximum absolute atomic E-state index is 9.42. The molecule has 1 aromatic carbocycles. The topological polar surface area (TPSA) is 51.6 Å². The fourth-order valence-electron chi connectivity index (χ4n) is 1.62. The molecule has 1 heterocycles. The summed E-state index contributed by atoms with van der Waals surface area (Å²) in [5.41, 5.74) is 0.755. The van der Waals surface area contributed by atoms with E-state index < -0.39 is 6.10 Å². The fourth-order valence-corrected chi connectivity index (χ4v) is 1.62. The number of hydrogen-bond acceptors (Lipinski definition) is 4. The van der Waals surface area contributed by atoms with Crippen molar-refractivity contribution >= 4 is 0 Å². The van der Waals surface area contributed by atoms with Crippen LogP contribution < -0.4 is 9.47 Å². The van der Waals surface area contributed by atoms with Crippen molar-refractivity contribution < 1.29 is 14.6 Å². The van der Waals surface area contributed by atoms with Gasteiger partial charge >= 0.3 is 0 Å². The van der Waals surface area contributed by atoms with Crippen molar-refractivity contribution in [3.05, 3.63) is 48.2 Å². The minimum Gasteiger partial charge on any atom is -0.490 e.